The molecule has 152 valence electrons. The van der Waals surface area contributed by atoms with Crippen LogP contribution in [-0.4, -0.2) is 0 Å². The van der Waals surface area contributed by atoms with Crippen LogP contribution in [0.2, 0.25) is 0 Å². The molecule has 0 fully saturated rings. The Morgan fingerprint density at radius 2 is 1.09 bits per heavy atom. The van der Waals surface area contributed by atoms with Crippen molar-refractivity contribution in [2.75, 3.05) is 0 Å². The van der Waals surface area contributed by atoms with E-state index < -0.39 is 5.41 Å². The Hall–Kier alpha value is -3.90. The summed E-state index contributed by atoms with van der Waals surface area (Å²) < 4.78 is 34.1. The fourth-order valence-electron chi connectivity index (χ4n) is 5.12. The Labute approximate surface area is 195 Å². The van der Waals surface area contributed by atoms with Crippen molar-refractivity contribution in [3.05, 3.63) is 155 Å². The number of benzene rings is 5. The summed E-state index contributed by atoms with van der Waals surface area (Å²) in [6.07, 6.45) is 0. The van der Waals surface area contributed by atoms with E-state index in [1.54, 1.807) is 6.92 Å². The fraction of sp³-hybridized carbons (Fsp3) is 0.0625. The van der Waals surface area contributed by atoms with Gasteiger partial charge in [-0.15, -0.1) is 0 Å². The van der Waals surface area contributed by atoms with Gasteiger partial charge >= 0.3 is 0 Å². The molecule has 0 spiro atoms. The summed E-state index contributed by atoms with van der Waals surface area (Å²) in [5.41, 5.74) is 7.65. The van der Waals surface area contributed by atoms with Gasteiger partial charge in [-0.05, 0) is 57.5 Å². The van der Waals surface area contributed by atoms with Crippen LogP contribution < -0.4 is 0 Å². The van der Waals surface area contributed by atoms with E-state index in [1.807, 2.05) is 18.2 Å². The Balaban J connectivity index is 1.74. The molecule has 0 N–H and O–H groups in total. The van der Waals surface area contributed by atoms with Gasteiger partial charge < -0.3 is 0 Å². The highest BCUT2D eigenvalue weighted by atomic mass is 14.5. The minimum atomic E-state index is -0.576. The van der Waals surface area contributed by atoms with E-state index in [9.17, 15) is 0 Å². The molecule has 0 radical (unpaired) electrons. The van der Waals surface area contributed by atoms with Crippen LogP contribution in [0, 0.1) is 6.92 Å². The molecular weight excluding hydrogens is 384 g/mol. The molecule has 0 nitrogen and oxygen atoms in total. The smallest absolute Gasteiger partial charge is 0.0622 e. The molecule has 5 aromatic carbocycles. The first-order valence-corrected chi connectivity index (χ1v) is 10.9. The van der Waals surface area contributed by atoms with Crippen LogP contribution in [0.3, 0.4) is 0 Å². The van der Waals surface area contributed by atoms with Gasteiger partial charge in [0.2, 0.25) is 0 Å². The first-order valence-electron chi connectivity index (χ1n) is 12.9. The molecule has 0 bridgehead atoms. The first-order chi connectivity index (χ1) is 17.5. The second-order valence-corrected chi connectivity index (χ2v) is 8.29. The highest BCUT2D eigenvalue weighted by Crippen LogP contribution is 2.56. The molecule has 0 amide bonds. The molecule has 0 saturated heterocycles. The Morgan fingerprint density at radius 3 is 1.75 bits per heavy atom. The van der Waals surface area contributed by atoms with Gasteiger partial charge in [0.1, 0.15) is 0 Å². The van der Waals surface area contributed by atoms with Crippen molar-refractivity contribution in [3.63, 3.8) is 0 Å². The van der Waals surface area contributed by atoms with Crippen LogP contribution in [0.15, 0.2) is 127 Å². The van der Waals surface area contributed by atoms with Crippen LogP contribution >= 0.6 is 0 Å². The van der Waals surface area contributed by atoms with Crippen molar-refractivity contribution in [1.29, 1.82) is 0 Å². The zero-order chi connectivity index (χ0) is 25.0. The Bertz CT molecular complexity index is 1550. The number of rotatable bonds is 3. The number of hydrogen-bond donors (Lipinski definition) is 0. The molecule has 1 aliphatic rings. The standard InChI is InChI=1S/C32H24/c1-23-16-18-24(19-17-23)25-20-21-29-28-14-8-9-15-30(28)32(31(29)22-25,26-10-4-2-5-11-26)27-12-6-3-7-13-27/h2-22H,1H3/i16D,17D,18D,19D. The molecular formula is C32H24. The Morgan fingerprint density at radius 1 is 0.531 bits per heavy atom. The maximum absolute atomic E-state index is 8.67. The average molecular weight is 413 g/mol. The van der Waals surface area contributed by atoms with Crippen molar-refractivity contribution in [2.45, 2.75) is 12.3 Å². The minimum absolute atomic E-state index is 0.00557. The molecule has 5 aromatic rings. The van der Waals surface area contributed by atoms with Gasteiger partial charge in [-0.3, -0.25) is 0 Å². The zero-order valence-corrected chi connectivity index (χ0v) is 17.8. The van der Waals surface area contributed by atoms with Crippen molar-refractivity contribution in [1.82, 2.24) is 0 Å². The molecule has 6 rings (SSSR count). The zero-order valence-electron chi connectivity index (χ0n) is 21.8. The van der Waals surface area contributed by atoms with Gasteiger partial charge in [0.25, 0.3) is 0 Å². The normalized spacial score (nSPS) is 15.2. The van der Waals surface area contributed by atoms with E-state index in [0.717, 1.165) is 27.8 Å². The largest absolute Gasteiger partial charge is 0.0713 e. The average Bonchev–Trinajstić information content (AvgIpc) is 3.22. The number of hydrogen-bond acceptors (Lipinski definition) is 0. The fourth-order valence-corrected chi connectivity index (χ4v) is 5.12. The van der Waals surface area contributed by atoms with Gasteiger partial charge in [-0.1, -0.05) is 127 Å². The van der Waals surface area contributed by atoms with Gasteiger partial charge in [-0.2, -0.15) is 0 Å². The molecule has 0 aromatic heterocycles. The van der Waals surface area contributed by atoms with Crippen LogP contribution in [-0.2, 0) is 5.41 Å². The predicted octanol–water partition coefficient (Wildman–Crippen LogP) is 8.03. The molecule has 0 aliphatic heterocycles. The molecule has 0 unspecified atom stereocenters. The van der Waals surface area contributed by atoms with E-state index in [2.05, 4.69) is 84.9 Å². The van der Waals surface area contributed by atoms with Crippen LogP contribution in [0.1, 0.15) is 33.3 Å². The van der Waals surface area contributed by atoms with Crippen molar-refractivity contribution in [3.8, 4) is 22.3 Å². The van der Waals surface area contributed by atoms with E-state index >= 15 is 0 Å². The molecule has 0 saturated carbocycles. The Kier molecular flexibility index (Phi) is 3.45. The lowest BCUT2D eigenvalue weighted by molar-refractivity contribution is 0.769. The topological polar surface area (TPSA) is 0 Å². The van der Waals surface area contributed by atoms with E-state index in [1.165, 1.54) is 5.56 Å². The minimum Gasteiger partial charge on any atom is -0.0622 e. The lowest BCUT2D eigenvalue weighted by Crippen LogP contribution is -2.28. The third kappa shape index (κ3) is 2.70. The van der Waals surface area contributed by atoms with Crippen LogP contribution in [0.25, 0.3) is 22.3 Å². The summed E-state index contributed by atoms with van der Waals surface area (Å²) in [7, 11) is 0. The van der Waals surface area contributed by atoms with Crippen molar-refractivity contribution in [2.24, 2.45) is 0 Å². The number of fused-ring (bicyclic) bond motifs is 3. The predicted molar refractivity (Wildman–Crippen MR) is 134 cm³/mol. The summed E-state index contributed by atoms with van der Waals surface area (Å²) in [6.45, 7) is 1.64. The van der Waals surface area contributed by atoms with Gasteiger partial charge in [0.15, 0.2) is 0 Å². The third-order valence-corrected chi connectivity index (χ3v) is 6.50. The maximum atomic E-state index is 8.67. The lowest BCUT2D eigenvalue weighted by Gasteiger charge is -2.34. The van der Waals surface area contributed by atoms with Gasteiger partial charge in [-0.25, -0.2) is 0 Å². The third-order valence-electron chi connectivity index (χ3n) is 6.50. The van der Waals surface area contributed by atoms with Crippen molar-refractivity contribution < 1.29 is 5.48 Å². The van der Waals surface area contributed by atoms with E-state index in [-0.39, 0.29) is 24.2 Å². The highest BCUT2D eigenvalue weighted by Gasteiger charge is 2.45. The van der Waals surface area contributed by atoms with Crippen LogP contribution in [0.4, 0.5) is 0 Å². The molecule has 0 heteroatoms. The second-order valence-electron chi connectivity index (χ2n) is 8.29. The van der Waals surface area contributed by atoms with E-state index in [4.69, 9.17) is 5.48 Å². The quantitative estimate of drug-likeness (QED) is 0.276. The highest BCUT2D eigenvalue weighted by molar-refractivity contribution is 5.88. The summed E-state index contributed by atoms with van der Waals surface area (Å²) >= 11 is 0. The van der Waals surface area contributed by atoms with E-state index in [0.29, 0.717) is 16.7 Å². The maximum Gasteiger partial charge on any atom is 0.0713 e. The van der Waals surface area contributed by atoms with Gasteiger partial charge in [0.05, 0.1) is 10.9 Å². The SMILES string of the molecule is [2H]c1c([2H])c(-c2ccc3c(c2)C(c2ccccc2)(c2ccccc2)c2ccccc2-3)c([2H])c([2H])c1C. The first kappa shape index (κ1) is 15.0. The van der Waals surface area contributed by atoms with Gasteiger partial charge in [0, 0.05) is 0 Å². The van der Waals surface area contributed by atoms with Crippen LogP contribution in [0.5, 0.6) is 0 Å². The van der Waals surface area contributed by atoms with Crippen molar-refractivity contribution >= 4 is 0 Å². The summed E-state index contributed by atoms with van der Waals surface area (Å²) in [4.78, 5) is 0. The lowest BCUT2D eigenvalue weighted by atomic mass is 9.67. The molecule has 32 heavy (non-hydrogen) atoms. The summed E-state index contributed by atoms with van der Waals surface area (Å²) in [5.74, 6) is 0. The molecule has 0 atom stereocenters. The monoisotopic (exact) mass is 412 g/mol. The summed E-state index contributed by atoms with van der Waals surface area (Å²) in [5, 5.41) is 0. The molecule has 1 aliphatic carbocycles. The molecule has 0 heterocycles. The summed E-state index contributed by atoms with van der Waals surface area (Å²) in [6, 6.07) is 35.5. The second kappa shape index (κ2) is 7.35.